The second kappa shape index (κ2) is 5.22. The Labute approximate surface area is 120 Å². The summed E-state index contributed by atoms with van der Waals surface area (Å²) in [6.45, 7) is 0. The molecule has 2 aromatic rings. The largest absolute Gasteiger partial charge is 0.398 e. The number of nitrogen functional groups attached to an aromatic ring is 1. The molecule has 7 nitrogen and oxygen atoms in total. The molecule has 0 unspecified atom stereocenters. The van der Waals surface area contributed by atoms with Crippen LogP contribution in [0.2, 0.25) is 0 Å². The van der Waals surface area contributed by atoms with Gasteiger partial charge in [-0.2, -0.15) is 5.26 Å². The number of anilines is 1. The highest BCUT2D eigenvalue weighted by molar-refractivity contribution is 7.91. The van der Waals surface area contributed by atoms with E-state index in [0.29, 0.717) is 0 Å². The lowest BCUT2D eigenvalue weighted by molar-refractivity contribution is -0.387. The highest BCUT2D eigenvalue weighted by atomic mass is 32.2. The maximum Gasteiger partial charge on any atom is 0.288 e. The molecule has 0 bridgehead atoms. The number of benzene rings is 2. The molecule has 0 aromatic heterocycles. The Kier molecular flexibility index (Phi) is 3.60. The number of hydrogen-bond donors (Lipinski definition) is 1. The minimum atomic E-state index is -4.11. The van der Waals surface area contributed by atoms with Crippen molar-refractivity contribution in [2.24, 2.45) is 0 Å². The van der Waals surface area contributed by atoms with Gasteiger partial charge in [0.25, 0.3) is 5.69 Å². The number of para-hydroxylation sites is 1. The predicted octanol–water partition coefficient (Wildman–Crippen LogP) is 1.88. The van der Waals surface area contributed by atoms with Gasteiger partial charge in [0.1, 0.15) is 11.0 Å². The minimum absolute atomic E-state index is 0.00495. The second-order valence-electron chi connectivity index (χ2n) is 4.09. The van der Waals surface area contributed by atoms with E-state index >= 15 is 0 Å². The van der Waals surface area contributed by atoms with Crippen LogP contribution in [0, 0.1) is 21.4 Å². The molecule has 0 aliphatic rings. The number of sulfone groups is 1. The molecule has 0 saturated carbocycles. The summed E-state index contributed by atoms with van der Waals surface area (Å²) in [4.78, 5) is 9.53. The molecular weight excluding hydrogens is 294 g/mol. The van der Waals surface area contributed by atoms with Gasteiger partial charge in [0.15, 0.2) is 0 Å². The van der Waals surface area contributed by atoms with Crippen molar-refractivity contribution >= 4 is 21.2 Å². The van der Waals surface area contributed by atoms with Gasteiger partial charge >= 0.3 is 0 Å². The number of nitrogens with two attached hydrogens (primary N) is 1. The van der Waals surface area contributed by atoms with Crippen LogP contribution in [-0.4, -0.2) is 13.3 Å². The highest BCUT2D eigenvalue weighted by Crippen LogP contribution is 2.30. The first-order valence-corrected chi connectivity index (χ1v) is 7.14. The van der Waals surface area contributed by atoms with Crippen LogP contribution in [0.15, 0.2) is 52.3 Å². The molecule has 2 aromatic carbocycles. The molecule has 2 N–H and O–H groups in total. The molecule has 0 amide bonds. The zero-order valence-electron chi connectivity index (χ0n) is 10.6. The van der Waals surface area contributed by atoms with Gasteiger partial charge in [0, 0.05) is 11.8 Å². The lowest BCUT2D eigenvalue weighted by Crippen LogP contribution is -2.06. The summed E-state index contributed by atoms with van der Waals surface area (Å²) >= 11 is 0. The van der Waals surface area contributed by atoms with Gasteiger partial charge in [0.2, 0.25) is 9.84 Å². The SMILES string of the molecule is N#Cc1cc(S(=O)(=O)c2ccccc2[N+](=O)[O-])ccc1N. The predicted molar refractivity (Wildman–Crippen MR) is 74.1 cm³/mol. The fraction of sp³-hybridized carbons (Fsp3) is 0. The molecule has 21 heavy (non-hydrogen) atoms. The zero-order valence-corrected chi connectivity index (χ0v) is 11.4. The summed E-state index contributed by atoms with van der Waals surface area (Å²) in [5, 5.41) is 19.8. The number of hydrogen-bond acceptors (Lipinski definition) is 6. The van der Waals surface area contributed by atoms with Crippen LogP contribution in [0.5, 0.6) is 0 Å². The van der Waals surface area contributed by atoms with Crippen molar-refractivity contribution in [1.82, 2.24) is 0 Å². The third-order valence-corrected chi connectivity index (χ3v) is 4.61. The van der Waals surface area contributed by atoms with Gasteiger partial charge in [-0.15, -0.1) is 0 Å². The number of nitrogens with zero attached hydrogens (tertiary/aromatic N) is 2. The Bertz CT molecular complexity index is 869. The standard InChI is InChI=1S/C13H9N3O4S/c14-8-9-7-10(5-6-11(9)15)21(19,20)13-4-2-1-3-12(13)16(17)18/h1-7H,15H2. The van der Waals surface area contributed by atoms with Crippen molar-refractivity contribution < 1.29 is 13.3 Å². The number of rotatable bonds is 3. The van der Waals surface area contributed by atoms with Crippen LogP contribution in [-0.2, 0) is 9.84 Å². The van der Waals surface area contributed by atoms with Gasteiger partial charge in [-0.3, -0.25) is 10.1 Å². The summed E-state index contributed by atoms with van der Waals surface area (Å²) in [6.07, 6.45) is 0. The molecule has 0 radical (unpaired) electrons. The molecular formula is C13H9N3O4S. The third kappa shape index (κ3) is 2.54. The smallest absolute Gasteiger partial charge is 0.288 e. The van der Waals surface area contributed by atoms with Crippen LogP contribution in [0.25, 0.3) is 0 Å². The number of nitro groups is 1. The van der Waals surface area contributed by atoms with E-state index in [-0.39, 0.29) is 16.1 Å². The van der Waals surface area contributed by atoms with E-state index in [0.717, 1.165) is 18.2 Å². The van der Waals surface area contributed by atoms with Crippen molar-refractivity contribution in [2.45, 2.75) is 9.79 Å². The summed E-state index contributed by atoms with van der Waals surface area (Å²) in [5.74, 6) is 0. The lowest BCUT2D eigenvalue weighted by atomic mass is 10.2. The quantitative estimate of drug-likeness (QED) is 0.524. The fourth-order valence-corrected chi connectivity index (χ4v) is 3.21. The van der Waals surface area contributed by atoms with Gasteiger partial charge < -0.3 is 5.73 Å². The van der Waals surface area contributed by atoms with Crippen molar-refractivity contribution in [3.63, 3.8) is 0 Å². The average molecular weight is 303 g/mol. The van der Waals surface area contributed by atoms with Crippen LogP contribution >= 0.6 is 0 Å². The molecule has 0 aliphatic carbocycles. The Morgan fingerprint density at radius 3 is 2.48 bits per heavy atom. The van der Waals surface area contributed by atoms with Crippen LogP contribution in [0.4, 0.5) is 11.4 Å². The zero-order chi connectivity index (χ0) is 15.6. The molecule has 8 heteroatoms. The van der Waals surface area contributed by atoms with E-state index in [1.54, 1.807) is 6.07 Å². The van der Waals surface area contributed by atoms with E-state index in [9.17, 15) is 18.5 Å². The van der Waals surface area contributed by atoms with E-state index in [1.807, 2.05) is 0 Å². The molecule has 106 valence electrons. The monoisotopic (exact) mass is 303 g/mol. The van der Waals surface area contributed by atoms with Crippen molar-refractivity contribution in [1.29, 1.82) is 5.26 Å². The number of nitro benzene ring substituents is 1. The van der Waals surface area contributed by atoms with Gasteiger partial charge in [0.05, 0.1) is 15.4 Å². The first-order chi connectivity index (χ1) is 9.87. The summed E-state index contributed by atoms with van der Waals surface area (Å²) in [5.41, 5.74) is 5.15. The van der Waals surface area contributed by atoms with Crippen molar-refractivity contribution in [3.05, 3.63) is 58.1 Å². The first-order valence-electron chi connectivity index (χ1n) is 5.66. The normalized spacial score (nSPS) is 10.8. The highest BCUT2D eigenvalue weighted by Gasteiger charge is 2.27. The molecule has 0 aliphatic heterocycles. The molecule has 0 spiro atoms. The molecule has 0 fully saturated rings. The summed E-state index contributed by atoms with van der Waals surface area (Å²) in [7, 11) is -4.11. The number of nitriles is 1. The Balaban J connectivity index is 2.69. The third-order valence-electron chi connectivity index (χ3n) is 2.81. The van der Waals surface area contributed by atoms with Gasteiger partial charge in [-0.05, 0) is 24.3 Å². The van der Waals surface area contributed by atoms with E-state index < -0.39 is 25.3 Å². The molecule has 2 rings (SSSR count). The average Bonchev–Trinajstić information content (AvgIpc) is 2.47. The van der Waals surface area contributed by atoms with Crippen LogP contribution < -0.4 is 5.73 Å². The Hall–Kier alpha value is -2.92. The topological polar surface area (TPSA) is 127 Å². The minimum Gasteiger partial charge on any atom is -0.398 e. The molecule has 0 atom stereocenters. The van der Waals surface area contributed by atoms with Crippen molar-refractivity contribution in [2.75, 3.05) is 5.73 Å². The summed E-state index contributed by atoms with van der Waals surface area (Å²) < 4.78 is 25.0. The first kappa shape index (κ1) is 14.5. The van der Waals surface area contributed by atoms with E-state index in [2.05, 4.69) is 0 Å². The van der Waals surface area contributed by atoms with Gasteiger partial charge in [-0.1, -0.05) is 12.1 Å². The maximum atomic E-state index is 12.5. The summed E-state index contributed by atoms with van der Waals surface area (Å²) in [6, 6.07) is 10.4. The van der Waals surface area contributed by atoms with E-state index in [1.165, 1.54) is 24.3 Å². The van der Waals surface area contributed by atoms with Crippen LogP contribution in [0.1, 0.15) is 5.56 Å². The fourth-order valence-electron chi connectivity index (χ4n) is 1.76. The maximum absolute atomic E-state index is 12.5. The Morgan fingerprint density at radius 1 is 1.19 bits per heavy atom. The molecule has 0 saturated heterocycles. The van der Waals surface area contributed by atoms with Crippen molar-refractivity contribution in [3.8, 4) is 6.07 Å². The van der Waals surface area contributed by atoms with E-state index in [4.69, 9.17) is 11.0 Å². The Morgan fingerprint density at radius 2 is 1.86 bits per heavy atom. The lowest BCUT2D eigenvalue weighted by Gasteiger charge is -2.06. The second-order valence-corrected chi connectivity index (χ2v) is 6.01. The van der Waals surface area contributed by atoms with Crippen LogP contribution in [0.3, 0.4) is 0 Å². The molecule has 0 heterocycles. The van der Waals surface area contributed by atoms with Gasteiger partial charge in [-0.25, -0.2) is 8.42 Å².